The minimum atomic E-state index is -0.448. The summed E-state index contributed by atoms with van der Waals surface area (Å²) in [6.45, 7) is 3.90. The number of hydrogen-bond acceptors (Lipinski definition) is 4. The molecule has 0 unspecified atom stereocenters. The second-order valence-corrected chi connectivity index (χ2v) is 4.42. The fourth-order valence-electron chi connectivity index (χ4n) is 1.72. The highest BCUT2D eigenvalue weighted by Gasteiger charge is 2.15. The van der Waals surface area contributed by atoms with Crippen molar-refractivity contribution in [3.8, 4) is 5.69 Å². The van der Waals surface area contributed by atoms with Crippen LogP contribution in [0.15, 0.2) is 24.3 Å². The van der Waals surface area contributed by atoms with Gasteiger partial charge in [0.05, 0.1) is 17.3 Å². The van der Waals surface area contributed by atoms with Crippen LogP contribution in [0.3, 0.4) is 0 Å². The van der Waals surface area contributed by atoms with Gasteiger partial charge >= 0.3 is 5.97 Å². The maximum atomic E-state index is 11.6. The molecular weight excluding hydrogens is 266 g/mol. The molecule has 0 saturated heterocycles. The van der Waals surface area contributed by atoms with Gasteiger partial charge in [0.25, 0.3) is 0 Å². The average Bonchev–Trinajstić information content (AvgIpc) is 2.72. The number of esters is 1. The van der Waals surface area contributed by atoms with E-state index in [1.165, 1.54) is 0 Å². The predicted octanol–water partition coefficient (Wildman–Crippen LogP) is 2.59. The quantitative estimate of drug-likeness (QED) is 0.692. The smallest absolute Gasteiger partial charge is 0.358 e. The van der Waals surface area contributed by atoms with Crippen LogP contribution in [0.4, 0.5) is 5.69 Å². The minimum Gasteiger partial charge on any atom is -0.461 e. The lowest BCUT2D eigenvalue weighted by Crippen LogP contribution is -2.07. The zero-order chi connectivity index (χ0) is 14.0. The van der Waals surface area contributed by atoms with Crippen LogP contribution in [0.5, 0.6) is 0 Å². The molecule has 1 aromatic carbocycles. The molecule has 0 aliphatic rings. The van der Waals surface area contributed by atoms with Crippen molar-refractivity contribution in [1.29, 1.82) is 0 Å². The van der Waals surface area contributed by atoms with Crippen molar-refractivity contribution < 1.29 is 9.53 Å². The highest BCUT2D eigenvalue weighted by Crippen LogP contribution is 2.24. The van der Waals surface area contributed by atoms with Crippen molar-refractivity contribution in [3.05, 3.63) is 40.7 Å². The number of nitrogens with two attached hydrogens (primary N) is 1. The Morgan fingerprint density at radius 2 is 2.21 bits per heavy atom. The lowest BCUT2D eigenvalue weighted by Gasteiger charge is -2.07. The first-order valence-corrected chi connectivity index (χ1v) is 6.20. The van der Waals surface area contributed by atoms with Crippen molar-refractivity contribution in [2.75, 3.05) is 12.3 Å². The molecule has 1 heterocycles. The molecule has 0 atom stereocenters. The fourth-order valence-corrected chi connectivity index (χ4v) is 1.99. The van der Waals surface area contributed by atoms with E-state index in [4.69, 9.17) is 22.1 Å². The van der Waals surface area contributed by atoms with Crippen LogP contribution in [0.1, 0.15) is 23.1 Å². The molecule has 0 radical (unpaired) electrons. The number of carbonyl (C=O) groups excluding carboxylic acids is 1. The molecular formula is C13H14ClN3O2. The Bertz CT molecular complexity index is 622. The van der Waals surface area contributed by atoms with E-state index < -0.39 is 5.97 Å². The van der Waals surface area contributed by atoms with Crippen LogP contribution in [0, 0.1) is 6.92 Å². The predicted molar refractivity (Wildman–Crippen MR) is 73.7 cm³/mol. The fraction of sp³-hybridized carbons (Fsp3) is 0.231. The summed E-state index contributed by atoms with van der Waals surface area (Å²) in [7, 11) is 0. The van der Waals surface area contributed by atoms with Crippen molar-refractivity contribution in [1.82, 2.24) is 9.78 Å². The number of aromatic nitrogens is 2. The van der Waals surface area contributed by atoms with Gasteiger partial charge in [-0.1, -0.05) is 11.6 Å². The molecule has 19 heavy (non-hydrogen) atoms. The number of carbonyl (C=O) groups is 1. The Balaban J connectivity index is 2.43. The summed E-state index contributed by atoms with van der Waals surface area (Å²) < 4.78 is 6.51. The highest BCUT2D eigenvalue weighted by molar-refractivity contribution is 6.32. The maximum Gasteiger partial charge on any atom is 0.358 e. The Morgan fingerprint density at radius 3 is 2.84 bits per heavy atom. The largest absolute Gasteiger partial charge is 0.461 e. The molecule has 0 bridgehead atoms. The van der Waals surface area contributed by atoms with E-state index in [1.807, 2.05) is 6.92 Å². The number of hydrogen-bond donors (Lipinski definition) is 1. The van der Waals surface area contributed by atoms with Crippen molar-refractivity contribution in [2.45, 2.75) is 13.8 Å². The Kier molecular flexibility index (Phi) is 3.76. The van der Waals surface area contributed by atoms with Gasteiger partial charge in [-0.25, -0.2) is 9.48 Å². The Labute approximate surface area is 115 Å². The summed E-state index contributed by atoms with van der Waals surface area (Å²) in [4.78, 5) is 11.6. The van der Waals surface area contributed by atoms with Gasteiger partial charge in [-0.15, -0.1) is 0 Å². The lowest BCUT2D eigenvalue weighted by molar-refractivity contribution is 0.0519. The summed E-state index contributed by atoms with van der Waals surface area (Å²) in [5, 5.41) is 4.68. The molecule has 0 spiro atoms. The molecule has 0 aliphatic heterocycles. The van der Waals surface area contributed by atoms with Gasteiger partial charge < -0.3 is 10.5 Å². The van der Waals surface area contributed by atoms with E-state index in [2.05, 4.69) is 5.10 Å². The Hall–Kier alpha value is -2.01. The SMILES string of the molecule is CCOC(=O)c1cc(C)n(-c2ccc(N)cc2Cl)n1. The number of rotatable bonds is 3. The topological polar surface area (TPSA) is 70.1 Å². The first-order valence-electron chi connectivity index (χ1n) is 5.82. The molecule has 2 N–H and O–H groups in total. The van der Waals surface area contributed by atoms with Gasteiger partial charge in [-0.3, -0.25) is 0 Å². The van der Waals surface area contributed by atoms with Gasteiger partial charge in [-0.2, -0.15) is 5.10 Å². The van der Waals surface area contributed by atoms with E-state index >= 15 is 0 Å². The number of nitrogens with zero attached hydrogens (tertiary/aromatic N) is 2. The van der Waals surface area contributed by atoms with Gasteiger partial charge in [-0.05, 0) is 38.1 Å². The van der Waals surface area contributed by atoms with Gasteiger partial charge in [0.2, 0.25) is 0 Å². The molecule has 1 aromatic heterocycles. The summed E-state index contributed by atoms with van der Waals surface area (Å²) >= 11 is 6.13. The third-order valence-electron chi connectivity index (χ3n) is 2.57. The number of halogens is 1. The first-order chi connectivity index (χ1) is 9.02. The molecule has 0 amide bonds. The molecule has 6 heteroatoms. The van der Waals surface area contributed by atoms with Crippen molar-refractivity contribution in [3.63, 3.8) is 0 Å². The molecule has 0 fully saturated rings. The van der Waals surface area contributed by atoms with Gasteiger partial charge in [0.15, 0.2) is 5.69 Å². The van der Waals surface area contributed by atoms with Crippen LogP contribution in [0.25, 0.3) is 5.69 Å². The van der Waals surface area contributed by atoms with Crippen LogP contribution < -0.4 is 5.73 Å². The number of benzene rings is 1. The van der Waals surface area contributed by atoms with Crippen LogP contribution in [0.2, 0.25) is 5.02 Å². The molecule has 0 saturated carbocycles. The summed E-state index contributed by atoms with van der Waals surface area (Å²) in [5.74, 6) is -0.448. The van der Waals surface area contributed by atoms with Crippen LogP contribution >= 0.6 is 11.6 Å². The second kappa shape index (κ2) is 5.32. The highest BCUT2D eigenvalue weighted by atomic mass is 35.5. The van der Waals surface area contributed by atoms with E-state index in [0.717, 1.165) is 5.69 Å². The third kappa shape index (κ3) is 2.71. The monoisotopic (exact) mass is 279 g/mol. The third-order valence-corrected chi connectivity index (χ3v) is 2.87. The average molecular weight is 280 g/mol. The summed E-state index contributed by atoms with van der Waals surface area (Å²) in [6, 6.07) is 6.78. The Morgan fingerprint density at radius 1 is 1.47 bits per heavy atom. The van der Waals surface area contributed by atoms with Crippen molar-refractivity contribution >= 4 is 23.3 Å². The molecule has 2 rings (SSSR count). The van der Waals surface area contributed by atoms with Crippen LogP contribution in [-0.4, -0.2) is 22.4 Å². The maximum absolute atomic E-state index is 11.6. The number of nitrogen functional groups attached to an aromatic ring is 1. The zero-order valence-corrected chi connectivity index (χ0v) is 11.4. The summed E-state index contributed by atoms with van der Waals surface area (Å²) in [5.41, 5.74) is 7.94. The van der Waals surface area contributed by atoms with E-state index in [0.29, 0.717) is 23.0 Å². The number of anilines is 1. The molecule has 5 nitrogen and oxygen atoms in total. The normalized spacial score (nSPS) is 10.5. The zero-order valence-electron chi connectivity index (χ0n) is 10.7. The van der Waals surface area contributed by atoms with Crippen molar-refractivity contribution in [2.24, 2.45) is 0 Å². The van der Waals surface area contributed by atoms with Crippen LogP contribution in [-0.2, 0) is 4.74 Å². The van der Waals surface area contributed by atoms with E-state index in [-0.39, 0.29) is 5.69 Å². The molecule has 100 valence electrons. The minimum absolute atomic E-state index is 0.257. The second-order valence-electron chi connectivity index (χ2n) is 4.01. The lowest BCUT2D eigenvalue weighted by atomic mass is 10.3. The van der Waals surface area contributed by atoms with E-state index in [9.17, 15) is 4.79 Å². The van der Waals surface area contributed by atoms with Gasteiger partial charge in [0.1, 0.15) is 0 Å². The number of ether oxygens (including phenoxy) is 1. The standard InChI is InChI=1S/C13H14ClN3O2/c1-3-19-13(18)11-6-8(2)17(16-11)12-5-4-9(15)7-10(12)14/h4-7H,3,15H2,1-2H3. The first kappa shape index (κ1) is 13.4. The van der Waals surface area contributed by atoms with E-state index in [1.54, 1.807) is 35.9 Å². The molecule has 0 aliphatic carbocycles. The number of aryl methyl sites for hydroxylation is 1. The molecule has 2 aromatic rings. The summed E-state index contributed by atoms with van der Waals surface area (Å²) in [6.07, 6.45) is 0. The van der Waals surface area contributed by atoms with Gasteiger partial charge in [0, 0.05) is 11.4 Å².